The zero-order valence-electron chi connectivity index (χ0n) is 14.5. The van der Waals surface area contributed by atoms with Crippen LogP contribution in [0.3, 0.4) is 0 Å². The van der Waals surface area contributed by atoms with Gasteiger partial charge in [0.25, 0.3) is 5.56 Å². The Morgan fingerprint density at radius 3 is 2.33 bits per heavy atom. The van der Waals surface area contributed by atoms with E-state index in [1.807, 2.05) is 0 Å². The van der Waals surface area contributed by atoms with Gasteiger partial charge < -0.3 is 10.4 Å². The van der Waals surface area contributed by atoms with E-state index in [1.165, 1.54) is 31.2 Å². The van der Waals surface area contributed by atoms with Gasteiger partial charge in [-0.25, -0.2) is 13.1 Å². The van der Waals surface area contributed by atoms with E-state index < -0.39 is 34.2 Å². The summed E-state index contributed by atoms with van der Waals surface area (Å²) in [5.41, 5.74) is -0.585. The number of halogens is 3. The maximum absolute atomic E-state index is 12.6. The molecule has 0 aliphatic rings. The Morgan fingerprint density at radius 1 is 1.26 bits per heavy atom. The molecule has 1 aromatic carbocycles. The van der Waals surface area contributed by atoms with Crippen LogP contribution in [0.1, 0.15) is 6.92 Å². The summed E-state index contributed by atoms with van der Waals surface area (Å²) in [7, 11) is -3.42. The van der Waals surface area contributed by atoms with E-state index >= 15 is 0 Å². The summed E-state index contributed by atoms with van der Waals surface area (Å²) >= 11 is 0. The Bertz CT molecular complexity index is 968. The van der Waals surface area contributed by atoms with E-state index in [-0.39, 0.29) is 27.4 Å². The molecule has 0 aliphatic heterocycles. The topological polar surface area (TPSA) is 101 Å². The van der Waals surface area contributed by atoms with Crippen LogP contribution in [-0.2, 0) is 16.4 Å². The predicted octanol–water partition coefficient (Wildman–Crippen LogP) is 1.67. The molecule has 7 nitrogen and oxygen atoms in total. The first-order valence-electron chi connectivity index (χ1n) is 7.78. The molecular formula is C16H18F3N3O4S. The predicted molar refractivity (Wildman–Crippen MR) is 93.3 cm³/mol. The van der Waals surface area contributed by atoms with E-state index in [0.717, 1.165) is 12.5 Å². The van der Waals surface area contributed by atoms with Crippen molar-refractivity contribution in [2.24, 2.45) is 0 Å². The number of alkyl halides is 3. The van der Waals surface area contributed by atoms with Crippen LogP contribution in [0.25, 0.3) is 11.1 Å². The van der Waals surface area contributed by atoms with Crippen molar-refractivity contribution < 1.29 is 26.7 Å². The Morgan fingerprint density at radius 2 is 1.85 bits per heavy atom. The van der Waals surface area contributed by atoms with Crippen molar-refractivity contribution in [2.45, 2.75) is 30.6 Å². The maximum atomic E-state index is 12.6. The molecule has 0 unspecified atom stereocenters. The largest absolute Gasteiger partial charge is 0.408 e. The molecule has 27 heavy (non-hydrogen) atoms. The molecule has 2 rings (SSSR count). The number of aliphatic hydroxyl groups excluding tert-OH is 1. The van der Waals surface area contributed by atoms with Crippen molar-refractivity contribution in [1.82, 2.24) is 9.78 Å². The van der Waals surface area contributed by atoms with Crippen molar-refractivity contribution in [1.29, 1.82) is 0 Å². The number of benzene rings is 1. The number of rotatable bonds is 6. The van der Waals surface area contributed by atoms with Gasteiger partial charge in [-0.2, -0.15) is 18.3 Å². The molecule has 0 saturated heterocycles. The molecule has 0 saturated carbocycles. The van der Waals surface area contributed by atoms with Crippen molar-refractivity contribution in [3.63, 3.8) is 0 Å². The Labute approximate surface area is 153 Å². The molecule has 1 atom stereocenters. The third-order valence-electron chi connectivity index (χ3n) is 3.54. The minimum atomic E-state index is -4.63. The van der Waals surface area contributed by atoms with Crippen molar-refractivity contribution in [3.8, 4) is 11.1 Å². The highest BCUT2D eigenvalue weighted by Gasteiger charge is 2.30. The summed E-state index contributed by atoms with van der Waals surface area (Å²) in [5, 5.41) is 15.6. The van der Waals surface area contributed by atoms with Gasteiger partial charge in [0, 0.05) is 18.4 Å². The first-order chi connectivity index (χ1) is 12.4. The minimum Gasteiger partial charge on any atom is -0.392 e. The molecule has 148 valence electrons. The lowest BCUT2D eigenvalue weighted by atomic mass is 10.1. The zero-order valence-corrected chi connectivity index (χ0v) is 15.3. The van der Waals surface area contributed by atoms with Crippen molar-refractivity contribution in [2.75, 3.05) is 18.1 Å². The Hall–Kier alpha value is -2.40. The summed E-state index contributed by atoms with van der Waals surface area (Å²) in [6.07, 6.45) is -3.35. The zero-order chi connectivity index (χ0) is 20.4. The highest BCUT2D eigenvalue weighted by atomic mass is 32.2. The number of sulfone groups is 1. The monoisotopic (exact) mass is 405 g/mol. The summed E-state index contributed by atoms with van der Waals surface area (Å²) in [4.78, 5) is 12.5. The van der Waals surface area contributed by atoms with Gasteiger partial charge in [0.2, 0.25) is 0 Å². The van der Waals surface area contributed by atoms with Gasteiger partial charge in [-0.1, -0.05) is 12.1 Å². The molecule has 0 fully saturated rings. The first kappa shape index (κ1) is 20.9. The van der Waals surface area contributed by atoms with E-state index in [4.69, 9.17) is 0 Å². The molecular weight excluding hydrogens is 387 g/mol. The molecule has 0 radical (unpaired) electrons. The van der Waals surface area contributed by atoms with Crippen LogP contribution < -0.4 is 10.9 Å². The van der Waals surface area contributed by atoms with Gasteiger partial charge in [0.1, 0.15) is 12.2 Å². The van der Waals surface area contributed by atoms with Crippen LogP contribution in [0.15, 0.2) is 40.2 Å². The second-order valence-electron chi connectivity index (χ2n) is 6.04. The van der Waals surface area contributed by atoms with Crippen LogP contribution in [0.5, 0.6) is 0 Å². The van der Waals surface area contributed by atoms with Crippen LogP contribution in [0.2, 0.25) is 0 Å². The summed E-state index contributed by atoms with van der Waals surface area (Å²) in [6.45, 7) is -0.175. The van der Waals surface area contributed by atoms with Gasteiger partial charge in [-0.3, -0.25) is 4.79 Å². The van der Waals surface area contributed by atoms with Crippen molar-refractivity contribution >= 4 is 15.5 Å². The fourth-order valence-corrected chi connectivity index (χ4v) is 2.92. The molecule has 1 heterocycles. The van der Waals surface area contributed by atoms with Crippen LogP contribution in [0.4, 0.5) is 18.9 Å². The molecule has 0 spiro atoms. The van der Waals surface area contributed by atoms with Gasteiger partial charge in [-0.05, 0) is 24.6 Å². The van der Waals surface area contributed by atoms with Gasteiger partial charge in [-0.15, -0.1) is 0 Å². The molecule has 1 aromatic heterocycles. The normalized spacial score (nSPS) is 13.4. The Kier molecular flexibility index (Phi) is 5.95. The lowest BCUT2D eigenvalue weighted by Crippen LogP contribution is -2.33. The molecule has 11 heteroatoms. The smallest absolute Gasteiger partial charge is 0.392 e. The fraction of sp³-hybridized carbons (Fsp3) is 0.375. The number of hydrogen-bond donors (Lipinski definition) is 2. The van der Waals surface area contributed by atoms with Gasteiger partial charge >= 0.3 is 6.18 Å². The maximum Gasteiger partial charge on any atom is 0.408 e. The van der Waals surface area contributed by atoms with Gasteiger partial charge in [0.15, 0.2) is 9.84 Å². The second-order valence-corrected chi connectivity index (χ2v) is 8.05. The first-order valence-corrected chi connectivity index (χ1v) is 9.67. The summed E-state index contributed by atoms with van der Waals surface area (Å²) < 4.78 is 61.3. The number of aromatic nitrogens is 2. The summed E-state index contributed by atoms with van der Waals surface area (Å²) in [5.74, 6) is 0. The van der Waals surface area contributed by atoms with E-state index in [0.29, 0.717) is 5.56 Å². The third-order valence-corrected chi connectivity index (χ3v) is 4.67. The minimum absolute atomic E-state index is 0.0584. The van der Waals surface area contributed by atoms with E-state index in [2.05, 4.69) is 10.4 Å². The van der Waals surface area contributed by atoms with Crippen LogP contribution in [0, 0.1) is 0 Å². The quantitative estimate of drug-likeness (QED) is 0.758. The van der Waals surface area contributed by atoms with Gasteiger partial charge in [0.05, 0.1) is 17.2 Å². The highest BCUT2D eigenvalue weighted by molar-refractivity contribution is 7.90. The van der Waals surface area contributed by atoms with E-state index in [9.17, 15) is 31.5 Å². The van der Waals surface area contributed by atoms with Crippen molar-refractivity contribution in [3.05, 3.63) is 40.8 Å². The lowest BCUT2D eigenvalue weighted by Gasteiger charge is -2.16. The second kappa shape index (κ2) is 7.69. The Balaban J connectivity index is 2.54. The fourth-order valence-electron chi connectivity index (χ4n) is 2.29. The standard InChI is InChI=1S/C16H18F3N3O4S/c1-10(23)7-20-14-13(8-21-22(15(14)24)9-16(17,18)19)11-3-5-12(6-4-11)27(2,25)26/h3-6,8,10,20,23H,7,9H2,1-2H3/t10-/m1/s1. The third kappa shape index (κ3) is 5.54. The van der Waals surface area contributed by atoms with Crippen LogP contribution in [-0.4, -0.2) is 48.4 Å². The number of anilines is 1. The number of nitrogens with one attached hydrogen (secondary N) is 1. The number of nitrogens with zero attached hydrogens (tertiary/aromatic N) is 2. The number of hydrogen-bond acceptors (Lipinski definition) is 6. The van der Waals surface area contributed by atoms with Crippen LogP contribution >= 0.6 is 0 Å². The number of aliphatic hydroxyl groups is 1. The lowest BCUT2D eigenvalue weighted by molar-refractivity contribution is -0.143. The molecule has 0 amide bonds. The average molecular weight is 405 g/mol. The molecule has 2 N–H and O–H groups in total. The highest BCUT2D eigenvalue weighted by Crippen LogP contribution is 2.26. The molecule has 0 bridgehead atoms. The average Bonchev–Trinajstić information content (AvgIpc) is 2.53. The SMILES string of the molecule is C[C@@H](O)CNc1c(-c2ccc(S(C)(=O)=O)cc2)cnn(CC(F)(F)F)c1=O. The molecule has 0 aliphatic carbocycles. The summed E-state index contributed by atoms with van der Waals surface area (Å²) in [6, 6.07) is 5.50. The van der Waals surface area contributed by atoms with E-state index in [1.54, 1.807) is 0 Å². The molecule has 2 aromatic rings.